The maximum absolute atomic E-state index is 11.2. The molecule has 0 unspecified atom stereocenters. The monoisotopic (exact) mass is 421 g/mol. The van der Waals surface area contributed by atoms with Crippen molar-refractivity contribution in [2.45, 2.75) is 53.2 Å². The molecule has 23 heavy (non-hydrogen) atoms. The van der Waals surface area contributed by atoms with Gasteiger partial charge < -0.3 is 10.8 Å². The van der Waals surface area contributed by atoms with E-state index in [4.69, 9.17) is 5.73 Å². The van der Waals surface area contributed by atoms with Gasteiger partial charge in [0.1, 0.15) is 0 Å². The summed E-state index contributed by atoms with van der Waals surface area (Å²) >= 11 is 2.02. The summed E-state index contributed by atoms with van der Waals surface area (Å²) in [6.07, 6.45) is -0.0375. The van der Waals surface area contributed by atoms with Gasteiger partial charge in [-0.1, -0.05) is 58.9 Å². The van der Waals surface area contributed by atoms with Gasteiger partial charge >= 0.3 is 27.0 Å². The van der Waals surface area contributed by atoms with Crippen LogP contribution >= 0.6 is 9.69 Å². The summed E-state index contributed by atoms with van der Waals surface area (Å²) in [6.45, 7) is 11.0. The van der Waals surface area contributed by atoms with Gasteiger partial charge in [0.25, 0.3) is 0 Å². The molecule has 2 aliphatic rings. The molecule has 1 fully saturated rings. The number of rotatable bonds is 0. The van der Waals surface area contributed by atoms with Crippen molar-refractivity contribution in [3.8, 4) is 0 Å². The van der Waals surface area contributed by atoms with Gasteiger partial charge in [-0.3, -0.25) is 0 Å². The Morgan fingerprint density at radius 2 is 1.30 bits per heavy atom. The molecule has 0 spiro atoms. The molecule has 4 heteroatoms. The third-order valence-electron chi connectivity index (χ3n) is 5.05. The Hall–Kier alpha value is 0.0534. The van der Waals surface area contributed by atoms with E-state index >= 15 is 0 Å². The van der Waals surface area contributed by atoms with E-state index in [0.717, 1.165) is 11.1 Å². The van der Waals surface area contributed by atoms with Crippen molar-refractivity contribution in [2.75, 3.05) is 0 Å². The summed E-state index contributed by atoms with van der Waals surface area (Å²) in [6, 6.07) is 7.51. The first-order chi connectivity index (χ1) is 10.8. The third-order valence-corrected chi connectivity index (χ3v) is 5.05. The van der Waals surface area contributed by atoms with Crippen LogP contribution in [0.2, 0.25) is 0 Å². The SMILES string of the molecule is C[C]1[C](C)[C](C)[C](C)[C]1C.N[C@@H]1c2ccccc2C[C@@H]1[O-].[Cl][Rh+2]. The standard InChI is InChI=1S/C10H15.C9H10NO.ClH.Rh/c1-6-7(2)9(4)10(5)8(6)3;10-9-7-4-2-1-3-6(7)5-8(9)11;;/h1-5H3;1-4,8-9H,5,10H2;1H;/q;-1;;+3/p-1/t;8-,9+;;/m.0../s1. The van der Waals surface area contributed by atoms with Gasteiger partial charge in [-0.15, -0.1) is 6.10 Å². The van der Waals surface area contributed by atoms with Crippen LogP contribution in [0.3, 0.4) is 0 Å². The zero-order valence-corrected chi connectivity index (χ0v) is 16.8. The Morgan fingerprint density at radius 3 is 1.70 bits per heavy atom. The Balaban J connectivity index is 0.000000209. The van der Waals surface area contributed by atoms with Crippen LogP contribution in [0.25, 0.3) is 0 Å². The molecule has 0 aliphatic heterocycles. The summed E-state index contributed by atoms with van der Waals surface area (Å²) in [5.74, 6) is 7.34. The van der Waals surface area contributed by atoms with Crippen LogP contribution in [0.5, 0.6) is 0 Å². The summed E-state index contributed by atoms with van der Waals surface area (Å²) in [7, 11) is 4.53. The molecular formula is C19H25ClNORh+. The van der Waals surface area contributed by atoms with Crippen molar-refractivity contribution >= 4 is 9.69 Å². The van der Waals surface area contributed by atoms with Crippen LogP contribution in [0.4, 0.5) is 0 Å². The van der Waals surface area contributed by atoms with Crippen molar-refractivity contribution in [1.29, 1.82) is 0 Å². The average Bonchev–Trinajstić information content (AvgIpc) is 2.96. The van der Waals surface area contributed by atoms with Gasteiger partial charge in [-0.05, 0) is 47.1 Å². The number of halogens is 1. The molecule has 0 heterocycles. The van der Waals surface area contributed by atoms with Crippen LogP contribution in [0.15, 0.2) is 24.3 Å². The topological polar surface area (TPSA) is 49.1 Å². The molecule has 2 atom stereocenters. The van der Waals surface area contributed by atoms with Crippen molar-refractivity contribution in [1.82, 2.24) is 0 Å². The Bertz CT molecular complexity index is 439. The summed E-state index contributed by atoms with van der Waals surface area (Å²) in [4.78, 5) is 0. The molecule has 3 rings (SSSR count). The van der Waals surface area contributed by atoms with Crippen molar-refractivity contribution in [2.24, 2.45) is 5.73 Å². The summed E-state index contributed by atoms with van der Waals surface area (Å²) in [5, 5.41) is 11.2. The molecule has 0 bridgehead atoms. The van der Waals surface area contributed by atoms with Crippen molar-refractivity contribution < 1.29 is 22.4 Å². The average molecular weight is 422 g/mol. The minimum absolute atomic E-state index is 0.286. The maximum atomic E-state index is 11.2. The molecule has 0 saturated heterocycles. The molecular weight excluding hydrogens is 397 g/mol. The molecule has 0 aromatic heterocycles. The number of hydrogen-bond donors (Lipinski definition) is 1. The van der Waals surface area contributed by atoms with Crippen molar-refractivity contribution in [3.63, 3.8) is 0 Å². The first-order valence-electron chi connectivity index (χ1n) is 7.66. The fourth-order valence-electron chi connectivity index (χ4n) is 3.00. The van der Waals surface area contributed by atoms with E-state index < -0.39 is 6.10 Å². The first kappa shape index (κ1) is 21.1. The van der Waals surface area contributed by atoms with Gasteiger partial charge in [0, 0.05) is 6.04 Å². The van der Waals surface area contributed by atoms with Gasteiger partial charge in [-0.2, -0.15) is 0 Å². The van der Waals surface area contributed by atoms with E-state index in [-0.39, 0.29) is 6.04 Å². The molecule has 1 saturated carbocycles. The van der Waals surface area contributed by atoms with Crippen LogP contribution in [-0.4, -0.2) is 6.10 Å². The van der Waals surface area contributed by atoms with Gasteiger partial charge in [0.2, 0.25) is 0 Å². The molecule has 1 aromatic carbocycles. The van der Waals surface area contributed by atoms with Crippen molar-refractivity contribution in [3.05, 3.63) is 65.0 Å². The fraction of sp³-hybridized carbons (Fsp3) is 0.421. The van der Waals surface area contributed by atoms with Crippen LogP contribution in [0.1, 0.15) is 51.8 Å². The molecule has 5 radical (unpaired) electrons. The number of fused-ring (bicyclic) bond motifs is 1. The van der Waals surface area contributed by atoms with Gasteiger partial charge in [0.05, 0.1) is 0 Å². The molecule has 2 aliphatic carbocycles. The normalized spacial score (nSPS) is 26.3. The first-order valence-corrected chi connectivity index (χ1v) is 9.77. The van der Waals surface area contributed by atoms with E-state index in [0.29, 0.717) is 6.42 Å². The third kappa shape index (κ3) is 4.78. The molecule has 2 N–H and O–H groups in total. The Morgan fingerprint density at radius 1 is 0.913 bits per heavy atom. The van der Waals surface area contributed by atoms with E-state index in [1.54, 1.807) is 0 Å². The van der Waals surface area contributed by atoms with Crippen LogP contribution < -0.4 is 10.8 Å². The second-order valence-electron chi connectivity index (χ2n) is 6.09. The Labute approximate surface area is 155 Å². The molecule has 1 aromatic rings. The molecule has 0 amide bonds. The second-order valence-corrected chi connectivity index (χ2v) is 6.09. The zero-order valence-electron chi connectivity index (χ0n) is 14.4. The van der Waals surface area contributed by atoms with Gasteiger partial charge in [-0.25, -0.2) is 0 Å². The molecule has 2 nitrogen and oxygen atoms in total. The zero-order chi connectivity index (χ0) is 17.7. The van der Waals surface area contributed by atoms with Crippen LogP contribution in [0, 0.1) is 29.6 Å². The number of nitrogens with two attached hydrogens (primary N) is 1. The van der Waals surface area contributed by atoms with E-state index in [9.17, 15) is 5.11 Å². The quantitative estimate of drug-likeness (QED) is 0.650. The van der Waals surface area contributed by atoms with E-state index in [1.807, 2.05) is 41.6 Å². The number of benzene rings is 1. The minimum atomic E-state index is -0.632. The number of hydrogen-bond acceptors (Lipinski definition) is 2. The predicted octanol–water partition coefficient (Wildman–Crippen LogP) is 3.63. The predicted molar refractivity (Wildman–Crippen MR) is 91.3 cm³/mol. The second kappa shape index (κ2) is 9.51. The van der Waals surface area contributed by atoms with Gasteiger partial charge in [0.15, 0.2) is 0 Å². The molecule has 127 valence electrons. The van der Waals surface area contributed by atoms with E-state index in [1.165, 1.54) is 29.6 Å². The fourth-order valence-corrected chi connectivity index (χ4v) is 3.00. The summed E-state index contributed by atoms with van der Waals surface area (Å²) in [5.41, 5.74) is 7.84. The Kier molecular flexibility index (Phi) is 8.73. The van der Waals surface area contributed by atoms with Crippen LogP contribution in [-0.2, 0) is 23.7 Å². The summed E-state index contributed by atoms with van der Waals surface area (Å²) < 4.78 is 0. The van der Waals surface area contributed by atoms with E-state index in [2.05, 4.69) is 44.3 Å².